The minimum absolute atomic E-state index is 0.132. The average Bonchev–Trinajstić information content (AvgIpc) is 2.82. The number of halogens is 3. The number of hydrogen-bond acceptors (Lipinski definition) is 4. The van der Waals surface area contributed by atoms with Crippen molar-refractivity contribution in [1.29, 1.82) is 0 Å². The lowest BCUT2D eigenvalue weighted by Gasteiger charge is -2.04. The summed E-state index contributed by atoms with van der Waals surface area (Å²) >= 11 is 0.981. The van der Waals surface area contributed by atoms with Crippen molar-refractivity contribution in [2.24, 2.45) is 0 Å². The van der Waals surface area contributed by atoms with E-state index in [1.54, 1.807) is 19.2 Å². The summed E-state index contributed by atoms with van der Waals surface area (Å²) in [6.07, 6.45) is -3.03. The van der Waals surface area contributed by atoms with E-state index < -0.39 is 11.9 Å². The predicted octanol–water partition coefficient (Wildman–Crippen LogP) is 3.14. The summed E-state index contributed by atoms with van der Waals surface area (Å²) < 4.78 is 43.2. The molecule has 0 radical (unpaired) electrons. The monoisotopic (exact) mass is 262 g/mol. The third-order valence-corrected chi connectivity index (χ3v) is 3.11. The number of rotatable bonds is 3. The molecule has 0 aliphatic heterocycles. The lowest BCUT2D eigenvalue weighted by molar-refractivity contribution is -0.141. The second-order valence-electron chi connectivity index (χ2n) is 3.30. The molecule has 0 aliphatic rings. The summed E-state index contributed by atoms with van der Waals surface area (Å²) in [6.45, 7) is 0.132. The molecule has 2 aromatic rings. The van der Waals surface area contributed by atoms with E-state index in [9.17, 15) is 13.2 Å². The first-order chi connectivity index (χ1) is 8.02. The Bertz CT molecular complexity index is 490. The number of alkyl halides is 3. The maximum Gasteiger partial charge on any atom is 0.434 e. The quantitative estimate of drug-likeness (QED) is 0.923. The van der Waals surface area contributed by atoms with Crippen molar-refractivity contribution in [1.82, 2.24) is 10.3 Å². The third-order valence-electron chi connectivity index (χ3n) is 2.04. The van der Waals surface area contributed by atoms with E-state index in [-0.39, 0.29) is 16.4 Å². The lowest BCUT2D eigenvalue weighted by Crippen LogP contribution is -2.12. The predicted molar refractivity (Wildman–Crippen MR) is 57.6 cm³/mol. The van der Waals surface area contributed by atoms with Crippen LogP contribution in [0.25, 0.3) is 10.8 Å². The Kier molecular flexibility index (Phi) is 3.21. The number of thiazole rings is 1. The first-order valence-corrected chi connectivity index (χ1v) is 5.59. The summed E-state index contributed by atoms with van der Waals surface area (Å²) in [5.41, 5.74) is -0.844. The molecule has 0 spiro atoms. The van der Waals surface area contributed by atoms with Gasteiger partial charge in [0.15, 0.2) is 16.5 Å². The zero-order chi connectivity index (χ0) is 12.5. The van der Waals surface area contributed by atoms with Crippen molar-refractivity contribution in [2.75, 3.05) is 7.05 Å². The summed E-state index contributed by atoms with van der Waals surface area (Å²) in [6, 6.07) is 3.20. The molecule has 0 saturated heterocycles. The number of furan rings is 1. The van der Waals surface area contributed by atoms with E-state index in [1.807, 2.05) is 0 Å². The molecule has 2 heterocycles. The summed E-state index contributed by atoms with van der Waals surface area (Å²) in [4.78, 5) is 3.76. The van der Waals surface area contributed by atoms with Crippen molar-refractivity contribution in [3.63, 3.8) is 0 Å². The molecule has 0 unspecified atom stereocenters. The van der Waals surface area contributed by atoms with Gasteiger partial charge in [-0.3, -0.25) is 0 Å². The molecule has 0 fully saturated rings. The van der Waals surface area contributed by atoms with Crippen molar-refractivity contribution in [2.45, 2.75) is 12.7 Å². The van der Waals surface area contributed by atoms with Crippen LogP contribution in [0.4, 0.5) is 13.2 Å². The smallest absolute Gasteiger partial charge is 0.434 e. The Labute approximate surface area is 99.3 Å². The van der Waals surface area contributed by atoms with E-state index in [0.29, 0.717) is 5.76 Å². The second-order valence-corrected chi connectivity index (χ2v) is 4.38. The average molecular weight is 262 g/mol. The Morgan fingerprint density at radius 2 is 2.24 bits per heavy atom. The van der Waals surface area contributed by atoms with Crippen molar-refractivity contribution in [3.05, 3.63) is 29.0 Å². The Hall–Kier alpha value is -1.34. The highest BCUT2D eigenvalue weighted by atomic mass is 32.1. The van der Waals surface area contributed by atoms with Crippen LogP contribution in [0.3, 0.4) is 0 Å². The van der Waals surface area contributed by atoms with Crippen LogP contribution in [0.1, 0.15) is 10.6 Å². The van der Waals surface area contributed by atoms with Crippen LogP contribution in [0, 0.1) is 0 Å². The molecule has 2 aromatic heterocycles. The first kappa shape index (κ1) is 12.1. The standard InChI is InChI=1S/C10H9F3N2OS/c1-14-5-7-8(10(11,12)13)15-9(17-7)6-3-2-4-16-6/h2-4,14H,5H2,1H3. The van der Waals surface area contributed by atoms with Gasteiger partial charge in [-0.05, 0) is 19.2 Å². The van der Waals surface area contributed by atoms with Crippen molar-refractivity contribution >= 4 is 11.3 Å². The van der Waals surface area contributed by atoms with Crippen LogP contribution < -0.4 is 5.32 Å². The topological polar surface area (TPSA) is 38.1 Å². The van der Waals surface area contributed by atoms with Crippen LogP contribution >= 0.6 is 11.3 Å². The van der Waals surface area contributed by atoms with Gasteiger partial charge in [0.25, 0.3) is 0 Å². The number of nitrogens with zero attached hydrogens (tertiary/aromatic N) is 1. The van der Waals surface area contributed by atoms with Gasteiger partial charge in [-0.1, -0.05) is 0 Å². The van der Waals surface area contributed by atoms with Gasteiger partial charge in [0.2, 0.25) is 0 Å². The van der Waals surface area contributed by atoms with E-state index in [2.05, 4.69) is 10.3 Å². The number of hydrogen-bond donors (Lipinski definition) is 1. The largest absolute Gasteiger partial charge is 0.462 e. The Balaban J connectivity index is 2.45. The fraction of sp³-hybridized carbons (Fsp3) is 0.300. The molecular weight excluding hydrogens is 253 g/mol. The van der Waals surface area contributed by atoms with Gasteiger partial charge >= 0.3 is 6.18 Å². The van der Waals surface area contributed by atoms with E-state index in [4.69, 9.17) is 4.42 Å². The Morgan fingerprint density at radius 3 is 2.76 bits per heavy atom. The molecule has 7 heteroatoms. The molecule has 0 bridgehead atoms. The molecule has 0 saturated carbocycles. The maximum atomic E-state index is 12.7. The van der Waals surface area contributed by atoms with E-state index in [1.165, 1.54) is 6.26 Å². The minimum atomic E-state index is -4.44. The van der Waals surface area contributed by atoms with Crippen molar-refractivity contribution < 1.29 is 17.6 Å². The van der Waals surface area contributed by atoms with Gasteiger partial charge in [-0.25, -0.2) is 4.98 Å². The van der Waals surface area contributed by atoms with Gasteiger partial charge in [-0.15, -0.1) is 11.3 Å². The Morgan fingerprint density at radius 1 is 1.47 bits per heavy atom. The van der Waals surface area contributed by atoms with Gasteiger partial charge in [0.1, 0.15) is 0 Å². The first-order valence-electron chi connectivity index (χ1n) is 4.77. The van der Waals surface area contributed by atoms with Gasteiger partial charge in [0, 0.05) is 6.54 Å². The van der Waals surface area contributed by atoms with Crippen molar-refractivity contribution in [3.8, 4) is 10.8 Å². The van der Waals surface area contributed by atoms with Crippen LogP contribution in [-0.4, -0.2) is 12.0 Å². The third kappa shape index (κ3) is 2.50. The van der Waals surface area contributed by atoms with E-state index in [0.717, 1.165) is 11.3 Å². The normalized spacial score (nSPS) is 12.0. The molecule has 0 aromatic carbocycles. The highest BCUT2D eigenvalue weighted by Gasteiger charge is 2.37. The molecule has 3 nitrogen and oxygen atoms in total. The number of aromatic nitrogens is 1. The highest BCUT2D eigenvalue weighted by Crippen LogP contribution is 2.37. The van der Waals surface area contributed by atoms with E-state index >= 15 is 0 Å². The van der Waals surface area contributed by atoms with Gasteiger partial charge in [-0.2, -0.15) is 13.2 Å². The van der Waals surface area contributed by atoms with Crippen LogP contribution in [0.2, 0.25) is 0 Å². The maximum absolute atomic E-state index is 12.7. The molecule has 17 heavy (non-hydrogen) atoms. The summed E-state index contributed by atoms with van der Waals surface area (Å²) in [5, 5.41) is 2.94. The van der Waals surface area contributed by atoms with Gasteiger partial charge < -0.3 is 9.73 Å². The lowest BCUT2D eigenvalue weighted by atomic mass is 10.3. The summed E-state index contributed by atoms with van der Waals surface area (Å²) in [5.74, 6) is 0.350. The SMILES string of the molecule is CNCc1sc(-c2ccco2)nc1C(F)(F)F. The zero-order valence-electron chi connectivity index (χ0n) is 8.84. The molecule has 0 aliphatic carbocycles. The minimum Gasteiger partial charge on any atom is -0.462 e. The molecule has 0 atom stereocenters. The molecular formula is C10H9F3N2OS. The second kappa shape index (κ2) is 4.50. The number of nitrogens with one attached hydrogen (secondary N) is 1. The zero-order valence-corrected chi connectivity index (χ0v) is 9.65. The van der Waals surface area contributed by atoms with Crippen LogP contribution in [-0.2, 0) is 12.7 Å². The summed E-state index contributed by atoms with van der Waals surface area (Å²) in [7, 11) is 1.59. The van der Waals surface area contributed by atoms with Crippen LogP contribution in [0.15, 0.2) is 22.8 Å². The highest BCUT2D eigenvalue weighted by molar-refractivity contribution is 7.15. The van der Waals surface area contributed by atoms with Gasteiger partial charge in [0.05, 0.1) is 11.1 Å². The van der Waals surface area contributed by atoms with Crippen LogP contribution in [0.5, 0.6) is 0 Å². The fourth-order valence-corrected chi connectivity index (χ4v) is 2.42. The molecule has 2 rings (SSSR count). The molecule has 0 amide bonds. The molecule has 1 N–H and O–H groups in total. The fourth-order valence-electron chi connectivity index (χ4n) is 1.36. The molecule has 92 valence electrons.